The molecule has 1 aromatic carbocycles. The maximum Gasteiger partial charge on any atom is 0.414 e. The molecule has 0 atom stereocenters. The van der Waals surface area contributed by atoms with E-state index in [9.17, 15) is 4.79 Å². The number of amides is 1. The number of carbonyl (C=O) groups is 1. The summed E-state index contributed by atoms with van der Waals surface area (Å²) < 4.78 is 5.05. The average Bonchev–Trinajstić information content (AvgIpc) is 2.58. The number of anilines is 1. The van der Waals surface area contributed by atoms with Crippen molar-refractivity contribution in [2.24, 2.45) is 5.16 Å². The van der Waals surface area contributed by atoms with E-state index in [1.165, 1.54) is 0 Å². The van der Waals surface area contributed by atoms with Crippen molar-refractivity contribution in [1.82, 2.24) is 0 Å². The fourth-order valence-electron chi connectivity index (χ4n) is 2.11. The topological polar surface area (TPSA) is 62.1 Å². The minimum absolute atomic E-state index is 0.346. The second-order valence-corrected chi connectivity index (χ2v) is 4.02. The molecule has 1 heterocycles. The standard InChI is InChI=1S/C13H16N2O3/c1-2-18-13(16)15-9-5-7-11(14-17)10-6-3-4-8-12(10)15/h3-4,6,8,17H,2,5,7,9H2,1H3/b14-11-. The van der Waals surface area contributed by atoms with Gasteiger partial charge >= 0.3 is 6.09 Å². The molecular formula is C13H16N2O3. The lowest BCUT2D eigenvalue weighted by Gasteiger charge is -2.21. The van der Waals surface area contributed by atoms with Crippen LogP contribution in [-0.2, 0) is 4.74 Å². The highest BCUT2D eigenvalue weighted by Crippen LogP contribution is 2.27. The van der Waals surface area contributed by atoms with Gasteiger partial charge in [0.1, 0.15) is 0 Å². The van der Waals surface area contributed by atoms with Crippen LogP contribution in [0.1, 0.15) is 25.3 Å². The lowest BCUT2D eigenvalue weighted by atomic mass is 10.1. The summed E-state index contributed by atoms with van der Waals surface area (Å²) in [6, 6.07) is 7.40. The largest absolute Gasteiger partial charge is 0.449 e. The predicted octanol–water partition coefficient (Wildman–Crippen LogP) is 2.62. The summed E-state index contributed by atoms with van der Waals surface area (Å²) in [6.07, 6.45) is 1.03. The molecule has 5 heteroatoms. The number of fused-ring (bicyclic) bond motifs is 1. The van der Waals surface area contributed by atoms with E-state index >= 15 is 0 Å². The number of carbonyl (C=O) groups excluding carboxylic acids is 1. The van der Waals surface area contributed by atoms with E-state index in [0.29, 0.717) is 25.3 Å². The third kappa shape index (κ3) is 2.30. The third-order valence-corrected chi connectivity index (χ3v) is 2.91. The van der Waals surface area contributed by atoms with Gasteiger partial charge in [-0.05, 0) is 25.8 Å². The molecule has 0 saturated carbocycles. The second kappa shape index (κ2) is 5.53. The first kappa shape index (κ1) is 12.4. The first-order chi connectivity index (χ1) is 8.77. The van der Waals surface area contributed by atoms with Gasteiger partial charge in [0.15, 0.2) is 0 Å². The quantitative estimate of drug-likeness (QED) is 0.613. The highest BCUT2D eigenvalue weighted by Gasteiger charge is 2.24. The summed E-state index contributed by atoms with van der Waals surface area (Å²) in [5.74, 6) is 0. The molecule has 0 spiro atoms. The molecule has 1 aliphatic heterocycles. The summed E-state index contributed by atoms with van der Waals surface area (Å²) in [4.78, 5) is 13.5. The van der Waals surface area contributed by atoms with Crippen LogP contribution in [0.25, 0.3) is 0 Å². The molecule has 1 N–H and O–H groups in total. The highest BCUT2D eigenvalue weighted by molar-refractivity contribution is 6.08. The number of para-hydroxylation sites is 1. The molecule has 0 radical (unpaired) electrons. The number of rotatable bonds is 1. The van der Waals surface area contributed by atoms with Crippen LogP contribution in [0.5, 0.6) is 0 Å². The van der Waals surface area contributed by atoms with Gasteiger partial charge in [0.2, 0.25) is 0 Å². The molecule has 0 fully saturated rings. The van der Waals surface area contributed by atoms with Crippen LogP contribution in [0.2, 0.25) is 0 Å². The van der Waals surface area contributed by atoms with E-state index in [1.807, 2.05) is 24.3 Å². The molecule has 0 aliphatic carbocycles. The van der Waals surface area contributed by atoms with Gasteiger partial charge in [-0.15, -0.1) is 0 Å². The SMILES string of the molecule is CCOC(=O)N1CCC/C(=N/O)c2ccccc21. The maximum absolute atomic E-state index is 11.9. The molecule has 1 aromatic rings. The predicted molar refractivity (Wildman–Crippen MR) is 68.4 cm³/mol. The molecule has 2 rings (SSSR count). The Kier molecular flexibility index (Phi) is 3.82. The van der Waals surface area contributed by atoms with Crippen molar-refractivity contribution in [2.75, 3.05) is 18.1 Å². The van der Waals surface area contributed by atoms with Crippen LogP contribution in [0.15, 0.2) is 29.4 Å². The van der Waals surface area contributed by atoms with E-state index in [0.717, 1.165) is 17.7 Å². The zero-order chi connectivity index (χ0) is 13.0. The number of hydrogen-bond acceptors (Lipinski definition) is 4. The van der Waals surface area contributed by atoms with Crippen molar-refractivity contribution in [2.45, 2.75) is 19.8 Å². The number of nitrogens with zero attached hydrogens (tertiary/aromatic N) is 2. The first-order valence-electron chi connectivity index (χ1n) is 6.02. The van der Waals surface area contributed by atoms with E-state index in [1.54, 1.807) is 11.8 Å². The number of ether oxygens (including phenoxy) is 1. The number of benzene rings is 1. The summed E-state index contributed by atoms with van der Waals surface area (Å²) in [5, 5.41) is 12.4. The van der Waals surface area contributed by atoms with Crippen LogP contribution in [0.3, 0.4) is 0 Å². The number of hydrogen-bond donors (Lipinski definition) is 1. The van der Waals surface area contributed by atoms with Gasteiger partial charge in [0.25, 0.3) is 0 Å². The molecule has 0 saturated heterocycles. The van der Waals surface area contributed by atoms with E-state index in [4.69, 9.17) is 9.94 Å². The highest BCUT2D eigenvalue weighted by atomic mass is 16.6. The lowest BCUT2D eigenvalue weighted by Crippen LogP contribution is -2.32. The molecule has 0 unspecified atom stereocenters. The lowest BCUT2D eigenvalue weighted by molar-refractivity contribution is 0.159. The van der Waals surface area contributed by atoms with Gasteiger partial charge in [-0.25, -0.2) is 4.79 Å². The van der Waals surface area contributed by atoms with Crippen molar-refractivity contribution in [3.63, 3.8) is 0 Å². The van der Waals surface area contributed by atoms with Crippen LogP contribution < -0.4 is 4.90 Å². The van der Waals surface area contributed by atoms with Gasteiger partial charge in [0, 0.05) is 12.1 Å². The van der Waals surface area contributed by atoms with Gasteiger partial charge < -0.3 is 9.94 Å². The Morgan fingerprint density at radius 1 is 1.50 bits per heavy atom. The Morgan fingerprint density at radius 3 is 3.00 bits per heavy atom. The second-order valence-electron chi connectivity index (χ2n) is 4.02. The molecule has 0 bridgehead atoms. The zero-order valence-electron chi connectivity index (χ0n) is 10.3. The molecular weight excluding hydrogens is 232 g/mol. The van der Waals surface area contributed by atoms with Gasteiger partial charge in [-0.1, -0.05) is 23.4 Å². The zero-order valence-corrected chi connectivity index (χ0v) is 10.3. The molecule has 1 aliphatic rings. The van der Waals surface area contributed by atoms with Crippen molar-refractivity contribution in [1.29, 1.82) is 0 Å². The van der Waals surface area contributed by atoms with Gasteiger partial charge in [-0.2, -0.15) is 0 Å². The van der Waals surface area contributed by atoms with Gasteiger partial charge in [-0.3, -0.25) is 4.90 Å². The Hall–Kier alpha value is -2.04. The monoisotopic (exact) mass is 248 g/mol. The van der Waals surface area contributed by atoms with E-state index < -0.39 is 0 Å². The van der Waals surface area contributed by atoms with Crippen LogP contribution in [-0.4, -0.2) is 30.2 Å². The summed E-state index contributed by atoms with van der Waals surface area (Å²) in [6.45, 7) is 2.69. The Balaban J connectivity index is 2.42. The van der Waals surface area contributed by atoms with E-state index in [2.05, 4.69) is 5.16 Å². The minimum Gasteiger partial charge on any atom is -0.449 e. The van der Waals surface area contributed by atoms with Crippen molar-refractivity contribution in [3.8, 4) is 0 Å². The number of oxime groups is 1. The Labute approximate surface area is 106 Å². The smallest absolute Gasteiger partial charge is 0.414 e. The average molecular weight is 248 g/mol. The Morgan fingerprint density at radius 2 is 2.28 bits per heavy atom. The summed E-state index contributed by atoms with van der Waals surface area (Å²) in [7, 11) is 0. The fourth-order valence-corrected chi connectivity index (χ4v) is 2.11. The van der Waals surface area contributed by atoms with Crippen LogP contribution >= 0.6 is 0 Å². The third-order valence-electron chi connectivity index (χ3n) is 2.91. The molecule has 96 valence electrons. The Bertz CT molecular complexity index is 471. The molecule has 5 nitrogen and oxygen atoms in total. The first-order valence-corrected chi connectivity index (χ1v) is 6.02. The molecule has 0 aromatic heterocycles. The van der Waals surface area contributed by atoms with E-state index in [-0.39, 0.29) is 6.09 Å². The van der Waals surface area contributed by atoms with Crippen LogP contribution in [0.4, 0.5) is 10.5 Å². The fraction of sp³-hybridized carbons (Fsp3) is 0.385. The van der Waals surface area contributed by atoms with Crippen molar-refractivity contribution in [3.05, 3.63) is 29.8 Å². The van der Waals surface area contributed by atoms with Crippen LogP contribution in [0, 0.1) is 0 Å². The summed E-state index contributed by atoms with van der Waals surface area (Å²) in [5.41, 5.74) is 2.13. The molecule has 18 heavy (non-hydrogen) atoms. The molecule has 1 amide bonds. The van der Waals surface area contributed by atoms with Gasteiger partial charge in [0.05, 0.1) is 18.0 Å². The minimum atomic E-state index is -0.357. The van der Waals surface area contributed by atoms with Crippen molar-refractivity contribution < 1.29 is 14.7 Å². The maximum atomic E-state index is 11.9. The normalized spacial score (nSPS) is 17.2. The summed E-state index contributed by atoms with van der Waals surface area (Å²) >= 11 is 0. The van der Waals surface area contributed by atoms with Crippen molar-refractivity contribution >= 4 is 17.5 Å².